The highest BCUT2D eigenvalue weighted by Crippen LogP contribution is 2.25. The van der Waals surface area contributed by atoms with E-state index in [1.54, 1.807) is 0 Å². The summed E-state index contributed by atoms with van der Waals surface area (Å²) < 4.78 is 1.86. The fourth-order valence-corrected chi connectivity index (χ4v) is 3.66. The van der Waals surface area contributed by atoms with Crippen LogP contribution in [0.2, 0.25) is 0 Å². The van der Waals surface area contributed by atoms with Crippen LogP contribution in [-0.4, -0.2) is 26.1 Å². The van der Waals surface area contributed by atoms with Gasteiger partial charge in [0.1, 0.15) is 0 Å². The van der Waals surface area contributed by atoms with Crippen molar-refractivity contribution in [3.63, 3.8) is 0 Å². The molecule has 1 aliphatic heterocycles. The van der Waals surface area contributed by atoms with Gasteiger partial charge in [0.15, 0.2) is 11.5 Å². The zero-order valence-corrected chi connectivity index (χ0v) is 11.2. The molecule has 2 aromatic rings. The van der Waals surface area contributed by atoms with Crippen LogP contribution in [0.4, 0.5) is 0 Å². The van der Waals surface area contributed by atoms with E-state index >= 15 is 0 Å². The molecule has 1 aliphatic rings. The summed E-state index contributed by atoms with van der Waals surface area (Å²) in [5.74, 6) is 4.29. The molecule has 0 atom stereocenters. The number of rotatable bonds is 3. The predicted molar refractivity (Wildman–Crippen MR) is 74.6 cm³/mol. The highest BCUT2D eigenvalue weighted by atomic mass is 32.2. The van der Waals surface area contributed by atoms with E-state index < -0.39 is 0 Å². The molecule has 0 aliphatic carbocycles. The molecule has 0 spiro atoms. The van der Waals surface area contributed by atoms with Gasteiger partial charge in [-0.2, -0.15) is 16.9 Å². The summed E-state index contributed by atoms with van der Waals surface area (Å²) in [7, 11) is 0. The molecule has 5 heteroatoms. The lowest BCUT2D eigenvalue weighted by Crippen LogP contribution is -2.13. The van der Waals surface area contributed by atoms with Crippen LogP contribution in [0.5, 0.6) is 0 Å². The molecule has 0 unspecified atom stereocenters. The Kier molecular flexibility index (Phi) is 3.52. The molecular weight excluding hydrogens is 244 g/mol. The average Bonchev–Trinajstić information content (AvgIpc) is 2.82. The molecule has 3 rings (SSSR count). The van der Waals surface area contributed by atoms with Crippen LogP contribution in [0, 0.1) is 5.92 Å². The quantitative estimate of drug-likeness (QED) is 0.917. The maximum absolute atomic E-state index is 5.73. The van der Waals surface area contributed by atoms with E-state index in [9.17, 15) is 0 Å². The standard InChI is InChI=1S/C13H18N4S/c14-9-11-2-1-5-17-13(11)15-12(16-17)8-10-3-6-18-7-4-10/h1-2,5,10H,3-4,6-9,14H2. The Morgan fingerprint density at radius 2 is 2.22 bits per heavy atom. The van der Waals surface area contributed by atoms with Gasteiger partial charge in [-0.25, -0.2) is 9.50 Å². The van der Waals surface area contributed by atoms with Gasteiger partial charge in [0.25, 0.3) is 0 Å². The van der Waals surface area contributed by atoms with Gasteiger partial charge in [0.2, 0.25) is 0 Å². The van der Waals surface area contributed by atoms with E-state index in [4.69, 9.17) is 5.73 Å². The number of nitrogens with two attached hydrogens (primary N) is 1. The normalized spacial score (nSPS) is 17.4. The van der Waals surface area contributed by atoms with Crippen LogP contribution >= 0.6 is 11.8 Å². The number of pyridine rings is 1. The summed E-state index contributed by atoms with van der Waals surface area (Å²) in [6.45, 7) is 0.516. The molecule has 96 valence electrons. The average molecular weight is 262 g/mol. The van der Waals surface area contributed by atoms with E-state index in [-0.39, 0.29) is 0 Å². The Balaban J connectivity index is 1.84. The third-order valence-corrected chi connectivity index (χ3v) is 4.57. The fourth-order valence-electron chi connectivity index (χ4n) is 2.46. The first kappa shape index (κ1) is 12.0. The molecular formula is C13H18N4S. The molecule has 18 heavy (non-hydrogen) atoms. The highest BCUT2D eigenvalue weighted by Gasteiger charge is 2.17. The molecule has 0 bridgehead atoms. The van der Waals surface area contributed by atoms with E-state index in [0.717, 1.165) is 29.4 Å². The van der Waals surface area contributed by atoms with Crippen molar-refractivity contribution in [2.75, 3.05) is 11.5 Å². The summed E-state index contributed by atoms with van der Waals surface area (Å²) in [6, 6.07) is 4.00. The molecule has 3 heterocycles. The van der Waals surface area contributed by atoms with Gasteiger partial charge in [-0.3, -0.25) is 0 Å². The number of hydrogen-bond donors (Lipinski definition) is 1. The summed E-state index contributed by atoms with van der Waals surface area (Å²) in [4.78, 5) is 4.64. The maximum atomic E-state index is 5.73. The van der Waals surface area contributed by atoms with E-state index in [1.165, 1.54) is 24.3 Å². The Labute approximate surface area is 111 Å². The minimum absolute atomic E-state index is 0.516. The number of hydrogen-bond acceptors (Lipinski definition) is 4. The van der Waals surface area contributed by atoms with Crippen molar-refractivity contribution in [1.82, 2.24) is 14.6 Å². The molecule has 0 aromatic carbocycles. The van der Waals surface area contributed by atoms with Gasteiger partial charge < -0.3 is 5.73 Å². The molecule has 2 aromatic heterocycles. The third kappa shape index (κ3) is 2.37. The van der Waals surface area contributed by atoms with E-state index in [0.29, 0.717) is 6.54 Å². The van der Waals surface area contributed by atoms with Crippen molar-refractivity contribution in [1.29, 1.82) is 0 Å². The summed E-state index contributed by atoms with van der Waals surface area (Å²) in [5.41, 5.74) is 7.71. The van der Waals surface area contributed by atoms with Crippen molar-refractivity contribution in [3.05, 3.63) is 29.7 Å². The van der Waals surface area contributed by atoms with Gasteiger partial charge in [0, 0.05) is 24.7 Å². The van der Waals surface area contributed by atoms with Crippen LogP contribution in [-0.2, 0) is 13.0 Å². The number of aromatic nitrogens is 3. The van der Waals surface area contributed by atoms with Gasteiger partial charge in [-0.1, -0.05) is 6.07 Å². The fraction of sp³-hybridized carbons (Fsp3) is 0.538. The van der Waals surface area contributed by atoms with Gasteiger partial charge in [0.05, 0.1) is 0 Å². The topological polar surface area (TPSA) is 56.2 Å². The highest BCUT2D eigenvalue weighted by molar-refractivity contribution is 7.99. The van der Waals surface area contributed by atoms with Crippen LogP contribution in [0.3, 0.4) is 0 Å². The molecule has 1 fully saturated rings. The Bertz CT molecular complexity index is 531. The van der Waals surface area contributed by atoms with Crippen LogP contribution < -0.4 is 5.73 Å². The second-order valence-corrected chi connectivity index (χ2v) is 6.02. The second kappa shape index (κ2) is 5.28. The molecule has 4 nitrogen and oxygen atoms in total. The SMILES string of the molecule is NCc1cccn2nc(CC3CCSCC3)nc12. The molecule has 0 radical (unpaired) electrons. The zero-order valence-electron chi connectivity index (χ0n) is 10.4. The van der Waals surface area contributed by atoms with Crippen molar-refractivity contribution in [2.24, 2.45) is 11.7 Å². The first-order chi connectivity index (χ1) is 8.86. The van der Waals surface area contributed by atoms with Crippen molar-refractivity contribution in [2.45, 2.75) is 25.8 Å². The Morgan fingerprint density at radius 1 is 1.39 bits per heavy atom. The predicted octanol–water partition coefficient (Wildman–Crippen LogP) is 1.87. The monoisotopic (exact) mass is 262 g/mol. The van der Waals surface area contributed by atoms with E-state index in [1.807, 2.05) is 22.8 Å². The lowest BCUT2D eigenvalue weighted by atomic mass is 9.99. The largest absolute Gasteiger partial charge is 0.326 e. The zero-order chi connectivity index (χ0) is 12.4. The molecule has 0 amide bonds. The molecule has 1 saturated heterocycles. The summed E-state index contributed by atoms with van der Waals surface area (Å²) in [6.07, 6.45) is 5.54. The van der Waals surface area contributed by atoms with Crippen LogP contribution in [0.1, 0.15) is 24.2 Å². The smallest absolute Gasteiger partial charge is 0.160 e. The number of thioether (sulfide) groups is 1. The van der Waals surface area contributed by atoms with Crippen LogP contribution in [0.25, 0.3) is 5.65 Å². The third-order valence-electron chi connectivity index (χ3n) is 3.52. The minimum Gasteiger partial charge on any atom is -0.326 e. The number of fused-ring (bicyclic) bond motifs is 1. The van der Waals surface area contributed by atoms with Gasteiger partial charge >= 0.3 is 0 Å². The Hall–Kier alpha value is -1.07. The minimum atomic E-state index is 0.516. The number of nitrogens with zero attached hydrogens (tertiary/aromatic N) is 3. The van der Waals surface area contributed by atoms with E-state index in [2.05, 4.69) is 21.8 Å². The maximum Gasteiger partial charge on any atom is 0.160 e. The van der Waals surface area contributed by atoms with Gasteiger partial charge in [-0.15, -0.1) is 0 Å². The lowest BCUT2D eigenvalue weighted by molar-refractivity contribution is 0.476. The van der Waals surface area contributed by atoms with Crippen molar-refractivity contribution < 1.29 is 0 Å². The second-order valence-electron chi connectivity index (χ2n) is 4.79. The molecule has 2 N–H and O–H groups in total. The van der Waals surface area contributed by atoms with Crippen molar-refractivity contribution >= 4 is 17.4 Å². The van der Waals surface area contributed by atoms with Gasteiger partial charge in [-0.05, 0) is 36.3 Å². The first-order valence-electron chi connectivity index (χ1n) is 6.48. The summed E-state index contributed by atoms with van der Waals surface area (Å²) >= 11 is 2.06. The van der Waals surface area contributed by atoms with Crippen molar-refractivity contribution in [3.8, 4) is 0 Å². The van der Waals surface area contributed by atoms with Crippen LogP contribution in [0.15, 0.2) is 18.3 Å². The molecule has 0 saturated carbocycles. The lowest BCUT2D eigenvalue weighted by Gasteiger charge is -2.19. The Morgan fingerprint density at radius 3 is 3.00 bits per heavy atom. The first-order valence-corrected chi connectivity index (χ1v) is 7.63. The summed E-state index contributed by atoms with van der Waals surface area (Å²) in [5, 5.41) is 4.56.